The highest BCUT2D eigenvalue weighted by molar-refractivity contribution is 6.04. The monoisotopic (exact) mass is 280 g/mol. The van der Waals surface area contributed by atoms with Crippen molar-refractivity contribution in [2.45, 2.75) is 27.2 Å². The zero-order valence-corrected chi connectivity index (χ0v) is 12.7. The van der Waals surface area contributed by atoms with E-state index in [4.69, 9.17) is 0 Å². The first-order chi connectivity index (χ1) is 10.1. The molecule has 0 aliphatic heterocycles. The van der Waals surface area contributed by atoms with Crippen LogP contribution in [0.1, 0.15) is 34.8 Å². The summed E-state index contributed by atoms with van der Waals surface area (Å²) in [6.45, 7) is 6.19. The summed E-state index contributed by atoms with van der Waals surface area (Å²) in [7, 11) is 0. The molecule has 1 aromatic carbocycles. The smallest absolute Gasteiger partial charge is 0.189 e. The molecular formula is C18H20N2O. The molecule has 108 valence electrons. The molecule has 2 rings (SSSR count). The first-order valence-corrected chi connectivity index (χ1v) is 7.10. The first-order valence-electron chi connectivity index (χ1n) is 7.10. The minimum absolute atomic E-state index is 0.0299. The van der Waals surface area contributed by atoms with Gasteiger partial charge >= 0.3 is 0 Å². The standard InChI is InChI=1S/C18H20N2O/c1-4-16(11-18(21)15-8-6-10-19-12-15)20-17-9-5-7-13(2)14(17)3/h5-12,20H,4H2,1-3H3. The van der Waals surface area contributed by atoms with Crippen molar-refractivity contribution in [3.8, 4) is 0 Å². The second kappa shape index (κ2) is 6.84. The van der Waals surface area contributed by atoms with E-state index in [9.17, 15) is 4.79 Å². The molecule has 0 saturated carbocycles. The number of aryl methyl sites for hydroxylation is 1. The maximum atomic E-state index is 12.2. The highest BCUT2D eigenvalue weighted by Gasteiger charge is 2.06. The van der Waals surface area contributed by atoms with Crippen molar-refractivity contribution >= 4 is 11.5 Å². The van der Waals surface area contributed by atoms with Crippen LogP contribution in [0.3, 0.4) is 0 Å². The van der Waals surface area contributed by atoms with E-state index in [1.165, 1.54) is 11.1 Å². The van der Waals surface area contributed by atoms with Crippen LogP contribution in [0.4, 0.5) is 5.69 Å². The summed E-state index contributed by atoms with van der Waals surface area (Å²) < 4.78 is 0. The van der Waals surface area contributed by atoms with Crippen LogP contribution in [0, 0.1) is 13.8 Å². The van der Waals surface area contributed by atoms with Crippen LogP contribution in [0.2, 0.25) is 0 Å². The van der Waals surface area contributed by atoms with E-state index in [1.54, 1.807) is 30.6 Å². The molecule has 0 amide bonds. The summed E-state index contributed by atoms with van der Waals surface area (Å²) in [6, 6.07) is 9.67. The van der Waals surface area contributed by atoms with E-state index in [0.717, 1.165) is 17.8 Å². The summed E-state index contributed by atoms with van der Waals surface area (Å²) in [5.74, 6) is -0.0299. The predicted octanol–water partition coefficient (Wildman–Crippen LogP) is 4.29. The van der Waals surface area contributed by atoms with Crippen LogP contribution < -0.4 is 5.32 Å². The number of carbonyl (C=O) groups excluding carboxylic acids is 1. The molecule has 3 nitrogen and oxygen atoms in total. The second-order valence-electron chi connectivity index (χ2n) is 5.00. The van der Waals surface area contributed by atoms with Crippen molar-refractivity contribution in [2.75, 3.05) is 5.32 Å². The normalized spacial score (nSPS) is 11.3. The van der Waals surface area contributed by atoms with Crippen LogP contribution in [-0.4, -0.2) is 10.8 Å². The van der Waals surface area contributed by atoms with Gasteiger partial charge in [0.05, 0.1) is 0 Å². The first kappa shape index (κ1) is 15.0. The minimum atomic E-state index is -0.0299. The lowest BCUT2D eigenvalue weighted by atomic mass is 10.1. The average Bonchev–Trinajstić information content (AvgIpc) is 2.51. The number of nitrogens with zero attached hydrogens (tertiary/aromatic N) is 1. The van der Waals surface area contributed by atoms with Gasteiger partial charge in [-0.3, -0.25) is 9.78 Å². The van der Waals surface area contributed by atoms with Gasteiger partial charge in [0.15, 0.2) is 5.78 Å². The van der Waals surface area contributed by atoms with Gasteiger partial charge in [-0.05, 0) is 49.6 Å². The number of aromatic nitrogens is 1. The fourth-order valence-electron chi connectivity index (χ4n) is 2.04. The summed E-state index contributed by atoms with van der Waals surface area (Å²) in [5, 5.41) is 3.36. The summed E-state index contributed by atoms with van der Waals surface area (Å²) in [5.41, 5.74) is 4.98. The Kier molecular flexibility index (Phi) is 4.88. The van der Waals surface area contributed by atoms with Crippen molar-refractivity contribution in [3.05, 3.63) is 71.2 Å². The lowest BCUT2D eigenvalue weighted by molar-refractivity contribution is 0.104. The van der Waals surface area contributed by atoms with Gasteiger partial charge in [-0.25, -0.2) is 0 Å². The Morgan fingerprint density at radius 2 is 2.05 bits per heavy atom. The third-order valence-corrected chi connectivity index (χ3v) is 3.53. The number of allylic oxidation sites excluding steroid dienone is 2. The van der Waals surface area contributed by atoms with E-state index in [1.807, 2.05) is 19.1 Å². The Hall–Kier alpha value is -2.42. The topological polar surface area (TPSA) is 42.0 Å². The zero-order chi connectivity index (χ0) is 15.2. The number of carbonyl (C=O) groups is 1. The fraction of sp³-hybridized carbons (Fsp3) is 0.222. The highest BCUT2D eigenvalue weighted by atomic mass is 16.1. The molecule has 1 heterocycles. The number of benzene rings is 1. The van der Waals surface area contributed by atoms with Gasteiger partial charge in [-0.1, -0.05) is 19.1 Å². The Morgan fingerprint density at radius 1 is 1.24 bits per heavy atom. The molecule has 3 heteroatoms. The Labute approximate surface area is 125 Å². The van der Waals surface area contributed by atoms with Crippen LogP contribution in [0.25, 0.3) is 0 Å². The predicted molar refractivity (Wildman–Crippen MR) is 86.5 cm³/mol. The van der Waals surface area contributed by atoms with Crippen LogP contribution in [0.5, 0.6) is 0 Å². The fourth-order valence-corrected chi connectivity index (χ4v) is 2.04. The lowest BCUT2D eigenvalue weighted by Gasteiger charge is -2.13. The minimum Gasteiger partial charge on any atom is -0.359 e. The van der Waals surface area contributed by atoms with Crippen molar-refractivity contribution in [2.24, 2.45) is 0 Å². The summed E-state index contributed by atoms with van der Waals surface area (Å²) in [6.07, 6.45) is 5.66. The van der Waals surface area contributed by atoms with E-state index in [2.05, 4.69) is 30.2 Å². The third-order valence-electron chi connectivity index (χ3n) is 3.53. The van der Waals surface area contributed by atoms with E-state index >= 15 is 0 Å². The maximum Gasteiger partial charge on any atom is 0.189 e. The van der Waals surface area contributed by atoms with Gasteiger partial charge in [0.25, 0.3) is 0 Å². The van der Waals surface area contributed by atoms with Gasteiger partial charge in [0, 0.05) is 35.4 Å². The van der Waals surface area contributed by atoms with E-state index < -0.39 is 0 Å². The maximum absolute atomic E-state index is 12.2. The van der Waals surface area contributed by atoms with Gasteiger partial charge in [0.2, 0.25) is 0 Å². The molecule has 1 aromatic heterocycles. The molecule has 0 atom stereocenters. The Morgan fingerprint density at radius 3 is 2.71 bits per heavy atom. The molecule has 0 saturated heterocycles. The molecule has 1 N–H and O–H groups in total. The molecule has 0 bridgehead atoms. The molecular weight excluding hydrogens is 260 g/mol. The molecule has 0 unspecified atom stereocenters. The molecule has 0 aliphatic carbocycles. The van der Waals surface area contributed by atoms with Gasteiger partial charge < -0.3 is 5.32 Å². The number of hydrogen-bond acceptors (Lipinski definition) is 3. The van der Waals surface area contributed by atoms with E-state index in [-0.39, 0.29) is 5.78 Å². The molecule has 0 fully saturated rings. The summed E-state index contributed by atoms with van der Waals surface area (Å²) >= 11 is 0. The quantitative estimate of drug-likeness (QED) is 0.656. The summed E-state index contributed by atoms with van der Waals surface area (Å²) in [4.78, 5) is 16.2. The van der Waals surface area contributed by atoms with Crippen LogP contribution in [0.15, 0.2) is 54.5 Å². The van der Waals surface area contributed by atoms with Crippen molar-refractivity contribution < 1.29 is 4.79 Å². The third kappa shape index (κ3) is 3.78. The second-order valence-corrected chi connectivity index (χ2v) is 5.00. The van der Waals surface area contributed by atoms with Gasteiger partial charge in [0.1, 0.15) is 0 Å². The molecule has 0 radical (unpaired) electrons. The van der Waals surface area contributed by atoms with E-state index in [0.29, 0.717) is 5.56 Å². The van der Waals surface area contributed by atoms with Gasteiger partial charge in [-0.2, -0.15) is 0 Å². The number of anilines is 1. The molecule has 2 aromatic rings. The van der Waals surface area contributed by atoms with Gasteiger partial charge in [-0.15, -0.1) is 0 Å². The number of hydrogen-bond donors (Lipinski definition) is 1. The molecule has 0 aliphatic rings. The Bertz CT molecular complexity index is 660. The molecule has 0 spiro atoms. The van der Waals surface area contributed by atoms with Crippen LogP contribution in [-0.2, 0) is 0 Å². The van der Waals surface area contributed by atoms with Crippen molar-refractivity contribution in [1.29, 1.82) is 0 Å². The van der Waals surface area contributed by atoms with Crippen LogP contribution >= 0.6 is 0 Å². The van der Waals surface area contributed by atoms with Crippen molar-refractivity contribution in [3.63, 3.8) is 0 Å². The lowest BCUT2D eigenvalue weighted by Crippen LogP contribution is -2.05. The molecule has 21 heavy (non-hydrogen) atoms. The van der Waals surface area contributed by atoms with Crippen molar-refractivity contribution in [1.82, 2.24) is 4.98 Å². The average molecular weight is 280 g/mol. The SMILES string of the molecule is CCC(=CC(=O)c1cccnc1)Nc1cccc(C)c1C. The number of rotatable bonds is 5. The Balaban J connectivity index is 2.22. The zero-order valence-electron chi connectivity index (χ0n) is 12.7. The number of pyridine rings is 1. The highest BCUT2D eigenvalue weighted by Crippen LogP contribution is 2.20. The largest absolute Gasteiger partial charge is 0.359 e. The number of ketones is 1. The number of nitrogens with one attached hydrogen (secondary N) is 1.